The molecule has 118 valence electrons. The van der Waals surface area contributed by atoms with Gasteiger partial charge in [0.15, 0.2) is 0 Å². The number of nitrogens with zero attached hydrogens (tertiary/aromatic N) is 1. The Morgan fingerprint density at radius 3 is 2.43 bits per heavy atom. The first-order chi connectivity index (χ1) is 11.2. The van der Waals surface area contributed by atoms with Crippen LogP contribution in [0, 0.1) is 0 Å². The second kappa shape index (κ2) is 6.89. The Morgan fingerprint density at radius 2 is 1.74 bits per heavy atom. The predicted octanol–water partition coefficient (Wildman–Crippen LogP) is 2.91. The maximum Gasteiger partial charge on any atom is 0.142 e. The molecule has 1 aliphatic rings. The molecule has 0 aromatic heterocycles. The van der Waals surface area contributed by atoms with Gasteiger partial charge in [0.2, 0.25) is 0 Å². The van der Waals surface area contributed by atoms with Gasteiger partial charge in [0.05, 0.1) is 21.4 Å². The van der Waals surface area contributed by atoms with Gasteiger partial charge in [-0.1, -0.05) is 42.5 Å². The number of hydrogen-bond donors (Lipinski definition) is 2. The Balaban J connectivity index is 2.10. The molecule has 5 heteroatoms. The minimum Gasteiger partial charge on any atom is -0.506 e. The highest BCUT2D eigenvalue weighted by molar-refractivity contribution is 7.90. The van der Waals surface area contributed by atoms with E-state index in [1.807, 2.05) is 30.3 Å². The fourth-order valence-electron chi connectivity index (χ4n) is 2.50. The van der Waals surface area contributed by atoms with Gasteiger partial charge in [-0.15, -0.1) is 0 Å². The van der Waals surface area contributed by atoms with Crippen LogP contribution >= 0.6 is 0 Å². The van der Waals surface area contributed by atoms with E-state index in [-0.39, 0.29) is 12.4 Å². The van der Waals surface area contributed by atoms with Crippen LogP contribution in [0.15, 0.2) is 69.4 Å². The topological polar surface area (TPSA) is 69.9 Å². The van der Waals surface area contributed by atoms with E-state index >= 15 is 0 Å². The summed E-state index contributed by atoms with van der Waals surface area (Å²) in [6, 6.07) is 16.5. The first-order valence-electron chi connectivity index (χ1n) is 7.39. The monoisotopic (exact) mass is 327 g/mol. The van der Waals surface area contributed by atoms with Gasteiger partial charge in [-0.05, 0) is 18.6 Å². The number of rotatable bonds is 5. The van der Waals surface area contributed by atoms with Crippen LogP contribution in [0.1, 0.15) is 17.5 Å². The van der Waals surface area contributed by atoms with Crippen molar-refractivity contribution in [2.24, 2.45) is 4.99 Å². The van der Waals surface area contributed by atoms with Crippen LogP contribution in [-0.4, -0.2) is 33.3 Å². The van der Waals surface area contributed by atoms with Crippen LogP contribution in [-0.2, 0) is 10.8 Å². The van der Waals surface area contributed by atoms with E-state index < -0.39 is 10.8 Å². The van der Waals surface area contributed by atoms with Crippen molar-refractivity contribution in [2.45, 2.75) is 11.3 Å². The highest BCUT2D eigenvalue weighted by Gasteiger charge is 2.32. The first kappa shape index (κ1) is 15.6. The zero-order valence-electron chi connectivity index (χ0n) is 12.5. The molecule has 2 N–H and O–H groups in total. The van der Waals surface area contributed by atoms with Crippen LogP contribution in [0.4, 0.5) is 0 Å². The van der Waals surface area contributed by atoms with Gasteiger partial charge in [-0.3, -0.25) is 4.99 Å². The molecular formula is C18H17NO3S. The highest BCUT2D eigenvalue weighted by atomic mass is 32.2. The van der Waals surface area contributed by atoms with Gasteiger partial charge in [0.25, 0.3) is 0 Å². The largest absolute Gasteiger partial charge is 0.506 e. The number of fused-ring (bicyclic) bond motifs is 1. The van der Waals surface area contributed by atoms with E-state index in [1.54, 1.807) is 24.3 Å². The van der Waals surface area contributed by atoms with Gasteiger partial charge in [0.1, 0.15) is 10.7 Å². The van der Waals surface area contributed by atoms with Gasteiger partial charge >= 0.3 is 0 Å². The number of aliphatic hydroxyl groups excluding tert-OH is 2. The van der Waals surface area contributed by atoms with E-state index in [1.165, 1.54) is 0 Å². The summed E-state index contributed by atoms with van der Waals surface area (Å²) in [7, 11) is -1.47. The third-order valence-corrected chi connectivity index (χ3v) is 5.10. The molecule has 0 spiro atoms. The predicted molar refractivity (Wildman–Crippen MR) is 91.9 cm³/mol. The standard InChI is InChI=1S/C18H17NO3S/c20-12-6-11-19-16(13-7-2-1-3-8-13)18-17(21)14-9-4-5-10-15(14)23(18)22/h1-5,7-10,20-21H,6,11-12H2. The van der Waals surface area contributed by atoms with Crippen LogP contribution in [0.25, 0.3) is 5.76 Å². The number of hydrogen-bond acceptors (Lipinski definition) is 4. The Morgan fingerprint density at radius 1 is 1.04 bits per heavy atom. The summed E-state index contributed by atoms with van der Waals surface area (Å²) in [4.78, 5) is 5.44. The van der Waals surface area contributed by atoms with E-state index in [0.29, 0.717) is 34.0 Å². The molecule has 0 fully saturated rings. The first-order valence-corrected chi connectivity index (χ1v) is 8.54. The minimum absolute atomic E-state index is 0.0190. The van der Waals surface area contributed by atoms with E-state index in [4.69, 9.17) is 5.11 Å². The second-order valence-electron chi connectivity index (χ2n) is 5.12. The molecule has 1 unspecified atom stereocenters. The summed E-state index contributed by atoms with van der Waals surface area (Å²) < 4.78 is 12.8. The van der Waals surface area contributed by atoms with Crippen molar-refractivity contribution < 1.29 is 14.4 Å². The number of allylic oxidation sites excluding steroid dienone is 1. The molecule has 0 saturated heterocycles. The van der Waals surface area contributed by atoms with E-state index in [2.05, 4.69) is 4.99 Å². The zero-order chi connectivity index (χ0) is 16.2. The molecule has 23 heavy (non-hydrogen) atoms. The molecule has 2 aromatic carbocycles. The minimum atomic E-state index is -1.47. The third-order valence-electron chi connectivity index (χ3n) is 3.59. The second-order valence-corrected chi connectivity index (χ2v) is 6.50. The van der Waals surface area contributed by atoms with Gasteiger partial charge < -0.3 is 10.2 Å². The van der Waals surface area contributed by atoms with Crippen molar-refractivity contribution >= 4 is 22.3 Å². The number of aliphatic imine (C=N–C) groups is 1. The Labute approximate surface area is 137 Å². The molecule has 0 amide bonds. The van der Waals surface area contributed by atoms with E-state index in [9.17, 15) is 9.32 Å². The Kier molecular flexibility index (Phi) is 4.69. The molecule has 0 saturated carbocycles. The molecule has 1 aliphatic heterocycles. The third kappa shape index (κ3) is 2.98. The summed E-state index contributed by atoms with van der Waals surface area (Å²) in [5.74, 6) is 0.0190. The molecule has 0 aliphatic carbocycles. The lowest BCUT2D eigenvalue weighted by molar-refractivity contribution is 0.291. The summed E-state index contributed by atoms with van der Waals surface area (Å²) >= 11 is 0. The number of aliphatic hydroxyl groups is 2. The van der Waals surface area contributed by atoms with Gasteiger partial charge in [-0.25, -0.2) is 4.21 Å². The lowest BCUT2D eigenvalue weighted by atomic mass is 10.1. The molecule has 1 heterocycles. The summed E-state index contributed by atoms with van der Waals surface area (Å²) in [6.45, 7) is 0.449. The lowest BCUT2D eigenvalue weighted by Gasteiger charge is -2.08. The molecule has 0 bridgehead atoms. The normalized spacial score (nSPS) is 17.4. The number of benzene rings is 2. The Hall–Kier alpha value is -2.24. The van der Waals surface area contributed by atoms with Gasteiger partial charge in [0, 0.05) is 24.3 Å². The summed E-state index contributed by atoms with van der Waals surface area (Å²) in [5.41, 5.74) is 1.91. The van der Waals surface area contributed by atoms with Crippen molar-refractivity contribution in [2.75, 3.05) is 13.2 Å². The maximum atomic E-state index is 12.8. The van der Waals surface area contributed by atoms with Crippen LogP contribution in [0.5, 0.6) is 0 Å². The average molecular weight is 327 g/mol. The van der Waals surface area contributed by atoms with E-state index in [0.717, 1.165) is 5.56 Å². The fraction of sp³-hybridized carbons (Fsp3) is 0.167. The molecule has 3 rings (SSSR count). The summed E-state index contributed by atoms with van der Waals surface area (Å²) in [6.07, 6.45) is 0.518. The zero-order valence-corrected chi connectivity index (χ0v) is 13.3. The molecule has 0 radical (unpaired) electrons. The van der Waals surface area contributed by atoms with Crippen molar-refractivity contribution in [1.29, 1.82) is 0 Å². The quantitative estimate of drug-likeness (QED) is 0.655. The lowest BCUT2D eigenvalue weighted by Crippen LogP contribution is -2.10. The Bertz CT molecular complexity index is 797. The molecular weight excluding hydrogens is 310 g/mol. The van der Waals surface area contributed by atoms with Crippen LogP contribution < -0.4 is 0 Å². The van der Waals surface area contributed by atoms with Crippen molar-refractivity contribution in [3.05, 3.63) is 70.6 Å². The van der Waals surface area contributed by atoms with Gasteiger partial charge in [-0.2, -0.15) is 0 Å². The smallest absolute Gasteiger partial charge is 0.142 e. The molecule has 2 aromatic rings. The average Bonchev–Trinajstić information content (AvgIpc) is 2.85. The highest BCUT2D eigenvalue weighted by Crippen LogP contribution is 2.36. The molecule has 1 atom stereocenters. The maximum absolute atomic E-state index is 12.8. The van der Waals surface area contributed by atoms with Crippen LogP contribution in [0.3, 0.4) is 0 Å². The van der Waals surface area contributed by atoms with Crippen molar-refractivity contribution in [3.63, 3.8) is 0 Å². The van der Waals surface area contributed by atoms with Crippen LogP contribution in [0.2, 0.25) is 0 Å². The summed E-state index contributed by atoms with van der Waals surface area (Å²) in [5, 5.41) is 19.5. The fourth-order valence-corrected chi connectivity index (χ4v) is 3.93. The van der Waals surface area contributed by atoms with Crippen molar-refractivity contribution in [1.82, 2.24) is 0 Å². The SMILES string of the molecule is O=S1C(C(=NCCCO)c2ccccc2)=C(O)c2ccccc21. The molecule has 4 nitrogen and oxygen atoms in total. The van der Waals surface area contributed by atoms with Crippen molar-refractivity contribution in [3.8, 4) is 0 Å².